The van der Waals surface area contributed by atoms with Crippen LogP contribution in [0.2, 0.25) is 0 Å². The first-order chi connectivity index (χ1) is 9.10. The molecule has 2 rings (SSSR count). The lowest BCUT2D eigenvalue weighted by atomic mass is 9.79. The molecule has 0 bridgehead atoms. The Hall–Kier alpha value is -1.90. The lowest BCUT2D eigenvalue weighted by molar-refractivity contribution is -0.123. The number of carbonyl (C=O) groups is 1. The molecule has 102 valence electrons. The van der Waals surface area contributed by atoms with E-state index >= 15 is 0 Å². The molecule has 1 aliphatic carbocycles. The van der Waals surface area contributed by atoms with Crippen LogP contribution in [-0.4, -0.2) is 26.7 Å². The smallest absolute Gasteiger partial charge is 0.252 e. The molecule has 6 nitrogen and oxygen atoms in total. The van der Waals surface area contributed by atoms with Crippen LogP contribution in [0.15, 0.2) is 6.33 Å². The minimum Gasteiger partial charge on any atom is -0.351 e. The van der Waals surface area contributed by atoms with Gasteiger partial charge in [0, 0.05) is 6.04 Å². The van der Waals surface area contributed by atoms with Crippen molar-refractivity contribution < 1.29 is 4.79 Å². The van der Waals surface area contributed by atoms with Gasteiger partial charge in [0.2, 0.25) is 5.91 Å². The SMILES string of the molecule is CC1CCCC(C)C1NC(=O)Cn1cnc(C#N)n1. The summed E-state index contributed by atoms with van der Waals surface area (Å²) in [6.07, 6.45) is 4.98. The van der Waals surface area contributed by atoms with Gasteiger partial charge in [0.25, 0.3) is 5.82 Å². The van der Waals surface area contributed by atoms with Crippen molar-refractivity contribution in [2.24, 2.45) is 11.8 Å². The molecule has 6 heteroatoms. The highest BCUT2D eigenvalue weighted by Crippen LogP contribution is 2.28. The standard InChI is InChI=1S/C13H19N5O/c1-9-4-3-5-10(2)13(9)16-12(19)7-18-8-15-11(6-14)17-18/h8-10,13H,3-5,7H2,1-2H3,(H,16,19). The highest BCUT2D eigenvalue weighted by atomic mass is 16.2. The third-order valence-corrected chi connectivity index (χ3v) is 3.81. The number of amides is 1. The van der Waals surface area contributed by atoms with Crippen LogP contribution in [0.5, 0.6) is 0 Å². The molecule has 1 aromatic rings. The number of hydrogen-bond acceptors (Lipinski definition) is 4. The van der Waals surface area contributed by atoms with E-state index in [1.54, 1.807) is 0 Å². The van der Waals surface area contributed by atoms with Crippen LogP contribution in [0, 0.1) is 23.2 Å². The average molecular weight is 261 g/mol. The van der Waals surface area contributed by atoms with E-state index in [2.05, 4.69) is 29.2 Å². The summed E-state index contributed by atoms with van der Waals surface area (Å²) in [7, 11) is 0. The van der Waals surface area contributed by atoms with Crippen molar-refractivity contribution in [2.75, 3.05) is 0 Å². The Morgan fingerprint density at radius 1 is 1.53 bits per heavy atom. The number of nitriles is 1. The second-order valence-electron chi connectivity index (χ2n) is 5.36. The van der Waals surface area contributed by atoms with E-state index in [1.807, 2.05) is 6.07 Å². The van der Waals surface area contributed by atoms with Gasteiger partial charge in [0.1, 0.15) is 18.9 Å². The van der Waals surface area contributed by atoms with Crippen LogP contribution >= 0.6 is 0 Å². The first kappa shape index (κ1) is 13.5. The third-order valence-electron chi connectivity index (χ3n) is 3.81. The predicted octanol–water partition coefficient (Wildman–Crippen LogP) is 1.09. The normalized spacial score (nSPS) is 26.7. The maximum atomic E-state index is 12.0. The van der Waals surface area contributed by atoms with E-state index in [0.717, 1.165) is 12.8 Å². The molecule has 1 N–H and O–H groups in total. The minimum absolute atomic E-state index is 0.0695. The van der Waals surface area contributed by atoms with Crippen molar-refractivity contribution >= 4 is 5.91 Å². The van der Waals surface area contributed by atoms with Crippen molar-refractivity contribution in [3.63, 3.8) is 0 Å². The Labute approximate surface area is 112 Å². The molecule has 1 saturated carbocycles. The summed E-state index contributed by atoms with van der Waals surface area (Å²) in [6, 6.07) is 2.08. The van der Waals surface area contributed by atoms with Crippen LogP contribution in [0.4, 0.5) is 0 Å². The Morgan fingerprint density at radius 2 is 2.21 bits per heavy atom. The molecular formula is C13H19N5O. The highest BCUT2D eigenvalue weighted by Gasteiger charge is 2.28. The number of nitrogens with one attached hydrogen (secondary N) is 1. The number of rotatable bonds is 3. The van der Waals surface area contributed by atoms with Gasteiger partial charge in [-0.3, -0.25) is 4.79 Å². The number of nitrogens with zero attached hydrogens (tertiary/aromatic N) is 4. The van der Waals surface area contributed by atoms with Crippen molar-refractivity contribution in [2.45, 2.75) is 45.7 Å². The van der Waals surface area contributed by atoms with Gasteiger partial charge in [-0.2, -0.15) is 5.26 Å². The molecule has 1 fully saturated rings. The molecule has 0 radical (unpaired) electrons. The Bertz CT molecular complexity index is 479. The fourth-order valence-corrected chi connectivity index (χ4v) is 2.77. The Balaban J connectivity index is 1.91. The summed E-state index contributed by atoms with van der Waals surface area (Å²) in [6.45, 7) is 4.48. The second-order valence-corrected chi connectivity index (χ2v) is 5.36. The zero-order valence-corrected chi connectivity index (χ0v) is 11.3. The molecule has 0 saturated heterocycles. The fourth-order valence-electron chi connectivity index (χ4n) is 2.77. The topological polar surface area (TPSA) is 83.6 Å². The highest BCUT2D eigenvalue weighted by molar-refractivity contribution is 5.76. The quantitative estimate of drug-likeness (QED) is 0.882. The van der Waals surface area contributed by atoms with Crippen molar-refractivity contribution in [1.29, 1.82) is 5.26 Å². The van der Waals surface area contributed by atoms with Gasteiger partial charge < -0.3 is 5.32 Å². The van der Waals surface area contributed by atoms with Gasteiger partial charge in [-0.15, -0.1) is 5.10 Å². The first-order valence-corrected chi connectivity index (χ1v) is 6.69. The molecule has 0 aliphatic heterocycles. The average Bonchev–Trinajstić information content (AvgIpc) is 2.81. The summed E-state index contributed by atoms with van der Waals surface area (Å²) < 4.78 is 1.39. The number of hydrogen-bond donors (Lipinski definition) is 1. The van der Waals surface area contributed by atoms with Gasteiger partial charge >= 0.3 is 0 Å². The largest absolute Gasteiger partial charge is 0.351 e. The lowest BCUT2D eigenvalue weighted by Crippen LogP contribution is -2.46. The zero-order chi connectivity index (χ0) is 13.8. The van der Waals surface area contributed by atoms with E-state index in [9.17, 15) is 4.79 Å². The monoisotopic (exact) mass is 261 g/mol. The fraction of sp³-hybridized carbons (Fsp3) is 0.692. The van der Waals surface area contributed by atoms with Crippen LogP contribution in [0.3, 0.4) is 0 Å². The van der Waals surface area contributed by atoms with Gasteiger partial charge in [0.05, 0.1) is 0 Å². The van der Waals surface area contributed by atoms with Gasteiger partial charge in [-0.25, -0.2) is 9.67 Å². The first-order valence-electron chi connectivity index (χ1n) is 6.69. The van der Waals surface area contributed by atoms with Crippen LogP contribution in [-0.2, 0) is 11.3 Å². The molecule has 0 aromatic carbocycles. The predicted molar refractivity (Wildman–Crippen MR) is 68.8 cm³/mol. The second kappa shape index (κ2) is 5.83. The van der Waals surface area contributed by atoms with E-state index in [1.165, 1.54) is 17.4 Å². The maximum Gasteiger partial charge on any atom is 0.252 e. The van der Waals surface area contributed by atoms with Crippen molar-refractivity contribution in [1.82, 2.24) is 20.1 Å². The summed E-state index contributed by atoms with van der Waals surface area (Å²) in [5, 5.41) is 15.6. The summed E-state index contributed by atoms with van der Waals surface area (Å²) in [5.41, 5.74) is 0. The van der Waals surface area contributed by atoms with E-state index in [-0.39, 0.29) is 24.3 Å². The summed E-state index contributed by atoms with van der Waals surface area (Å²) >= 11 is 0. The Kier molecular flexibility index (Phi) is 4.15. The van der Waals surface area contributed by atoms with E-state index < -0.39 is 0 Å². The molecule has 19 heavy (non-hydrogen) atoms. The molecule has 1 amide bonds. The van der Waals surface area contributed by atoms with E-state index in [0.29, 0.717) is 11.8 Å². The lowest BCUT2D eigenvalue weighted by Gasteiger charge is -2.35. The maximum absolute atomic E-state index is 12.0. The molecule has 2 unspecified atom stereocenters. The molecular weight excluding hydrogens is 242 g/mol. The van der Waals surface area contributed by atoms with Crippen LogP contribution < -0.4 is 5.32 Å². The Morgan fingerprint density at radius 3 is 2.79 bits per heavy atom. The van der Waals surface area contributed by atoms with Gasteiger partial charge in [-0.1, -0.05) is 20.3 Å². The van der Waals surface area contributed by atoms with Gasteiger partial charge in [0.15, 0.2) is 0 Å². The minimum atomic E-state index is -0.0695. The van der Waals surface area contributed by atoms with Gasteiger partial charge in [-0.05, 0) is 24.7 Å². The van der Waals surface area contributed by atoms with Crippen LogP contribution in [0.25, 0.3) is 0 Å². The van der Waals surface area contributed by atoms with Crippen molar-refractivity contribution in [3.05, 3.63) is 12.2 Å². The number of aromatic nitrogens is 3. The summed E-state index contributed by atoms with van der Waals surface area (Å²) in [4.78, 5) is 15.8. The van der Waals surface area contributed by atoms with Crippen molar-refractivity contribution in [3.8, 4) is 6.07 Å². The number of carbonyl (C=O) groups excluding carboxylic acids is 1. The van der Waals surface area contributed by atoms with Crippen LogP contribution in [0.1, 0.15) is 38.9 Å². The molecule has 1 aromatic heterocycles. The summed E-state index contributed by atoms with van der Waals surface area (Å²) in [5.74, 6) is 1.04. The molecule has 1 aliphatic rings. The third kappa shape index (κ3) is 3.31. The zero-order valence-electron chi connectivity index (χ0n) is 11.3. The van der Waals surface area contributed by atoms with E-state index in [4.69, 9.17) is 5.26 Å². The molecule has 0 spiro atoms. The molecule has 2 atom stereocenters. The molecule has 1 heterocycles.